The lowest BCUT2D eigenvalue weighted by Crippen LogP contribution is -2.40. The van der Waals surface area contributed by atoms with E-state index < -0.39 is 0 Å². The molecular weight excluding hydrogens is 717 g/mol. The van der Waals surface area contributed by atoms with Crippen molar-refractivity contribution in [1.82, 2.24) is 0 Å². The van der Waals surface area contributed by atoms with Crippen LogP contribution in [0.5, 0.6) is 0 Å². The summed E-state index contributed by atoms with van der Waals surface area (Å²) in [5.74, 6) is -0.206. The van der Waals surface area contributed by atoms with Gasteiger partial charge in [0.25, 0.3) is 0 Å². The average Bonchev–Trinajstić information content (AvgIpc) is 3.72. The molecule has 0 radical (unpaired) electrons. The van der Waals surface area contributed by atoms with Gasteiger partial charge in [0.05, 0.1) is 13.2 Å². The lowest BCUT2D eigenvalue weighted by atomic mass is 9.66. The Bertz CT molecular complexity index is 805. The Morgan fingerprint density at radius 2 is 0.424 bits per heavy atom. The smallest absolute Gasteiger partial charge is 0.168 e. The molecule has 2 aliphatic rings. The minimum atomic E-state index is -0.206. The molecule has 0 unspecified atom stereocenters. The number of unbranched alkanes of at least 4 members (excludes halogenated alkanes) is 43. The van der Waals surface area contributed by atoms with E-state index in [1.165, 1.54) is 315 Å². The monoisotopic (exact) mass is 829 g/mol. The first-order chi connectivity index (χ1) is 29.2. The van der Waals surface area contributed by atoms with E-state index in [1.807, 2.05) is 0 Å². The highest BCUT2D eigenvalue weighted by Gasteiger charge is 2.45. The van der Waals surface area contributed by atoms with Gasteiger partial charge in [-0.25, -0.2) is 0 Å². The van der Waals surface area contributed by atoms with Gasteiger partial charge in [0.15, 0.2) is 5.79 Å². The van der Waals surface area contributed by atoms with Crippen molar-refractivity contribution in [1.29, 1.82) is 0 Å². The van der Waals surface area contributed by atoms with Gasteiger partial charge in [-0.05, 0) is 31.1 Å². The van der Waals surface area contributed by atoms with E-state index in [0.29, 0.717) is 5.41 Å². The number of rotatable bonds is 47. The molecule has 1 saturated carbocycles. The molecular formula is C57H112O2. The maximum absolute atomic E-state index is 6.16. The zero-order valence-electron chi connectivity index (χ0n) is 41.3. The summed E-state index contributed by atoms with van der Waals surface area (Å²) in [4.78, 5) is 0. The molecule has 0 atom stereocenters. The molecule has 352 valence electrons. The Labute approximate surface area is 373 Å². The van der Waals surface area contributed by atoms with E-state index in [4.69, 9.17) is 9.47 Å². The van der Waals surface area contributed by atoms with E-state index in [1.54, 1.807) is 0 Å². The van der Waals surface area contributed by atoms with Crippen LogP contribution in [0.3, 0.4) is 0 Å². The van der Waals surface area contributed by atoms with Crippen LogP contribution in [0.2, 0.25) is 0 Å². The lowest BCUT2D eigenvalue weighted by molar-refractivity contribution is -0.193. The summed E-state index contributed by atoms with van der Waals surface area (Å²) in [6.07, 6.45) is 74.1. The van der Waals surface area contributed by atoms with Gasteiger partial charge in [0.1, 0.15) is 0 Å². The summed E-state index contributed by atoms with van der Waals surface area (Å²) in [5, 5.41) is 0. The average molecular weight is 830 g/mol. The summed E-state index contributed by atoms with van der Waals surface area (Å²) in [6, 6.07) is 0. The molecule has 1 heterocycles. The van der Waals surface area contributed by atoms with Crippen LogP contribution < -0.4 is 0 Å². The molecule has 0 aromatic carbocycles. The summed E-state index contributed by atoms with van der Waals surface area (Å²) in [7, 11) is 0. The predicted molar refractivity (Wildman–Crippen MR) is 264 cm³/mol. The highest BCUT2D eigenvalue weighted by molar-refractivity contribution is 4.91. The summed E-state index contributed by atoms with van der Waals surface area (Å²) in [6.45, 7) is 6.25. The standard InChI is InChI=1S/C57H112O2/c1-3-5-7-9-11-13-15-17-19-21-23-25-27-29-31-33-35-37-39-41-43-45-47-49-56(50-52-57(53-51-56)58-54-55-59-57)48-46-44-42-40-38-36-34-32-30-28-26-24-22-20-18-16-14-12-10-8-6-4-2/h3-55H2,1-2H3. The summed E-state index contributed by atoms with van der Waals surface area (Å²) >= 11 is 0. The molecule has 1 aliphatic carbocycles. The Morgan fingerprint density at radius 3 is 0.627 bits per heavy atom. The van der Waals surface area contributed by atoms with Crippen molar-refractivity contribution < 1.29 is 9.47 Å². The quantitative estimate of drug-likeness (QED) is 0.0569. The third kappa shape index (κ3) is 33.1. The Kier molecular flexibility index (Phi) is 39.1. The second-order valence-corrected chi connectivity index (χ2v) is 20.8. The van der Waals surface area contributed by atoms with Crippen LogP contribution in [0.1, 0.15) is 341 Å². The molecule has 0 amide bonds. The maximum Gasteiger partial charge on any atom is 0.168 e. The minimum absolute atomic E-state index is 0.206. The van der Waals surface area contributed by atoms with Gasteiger partial charge in [-0.2, -0.15) is 0 Å². The minimum Gasteiger partial charge on any atom is -0.348 e. The SMILES string of the molecule is CCCCCCCCCCCCCCCCCCCCCCCCCC1(CCCCCCCCCCCCCCCCCCCCCCCC)CCC2(CC1)OCCO2. The highest BCUT2D eigenvalue weighted by atomic mass is 16.7. The molecule has 1 spiro atoms. The number of ether oxygens (including phenoxy) is 2. The second-order valence-electron chi connectivity index (χ2n) is 20.8. The molecule has 0 bridgehead atoms. The molecule has 2 fully saturated rings. The van der Waals surface area contributed by atoms with Crippen molar-refractivity contribution in [3.05, 3.63) is 0 Å². The van der Waals surface area contributed by atoms with E-state index in [0.717, 1.165) is 26.1 Å². The maximum atomic E-state index is 6.16. The second kappa shape index (κ2) is 41.9. The zero-order chi connectivity index (χ0) is 41.9. The van der Waals surface area contributed by atoms with E-state index in [9.17, 15) is 0 Å². The number of hydrogen-bond acceptors (Lipinski definition) is 2. The van der Waals surface area contributed by atoms with Gasteiger partial charge in [0.2, 0.25) is 0 Å². The molecule has 0 N–H and O–H groups in total. The first-order valence-electron chi connectivity index (χ1n) is 28.5. The van der Waals surface area contributed by atoms with Gasteiger partial charge in [-0.3, -0.25) is 0 Å². The summed E-state index contributed by atoms with van der Waals surface area (Å²) in [5.41, 5.74) is 0.571. The molecule has 1 aliphatic heterocycles. The van der Waals surface area contributed by atoms with Crippen LogP contribution in [-0.4, -0.2) is 19.0 Å². The number of hydrogen-bond donors (Lipinski definition) is 0. The third-order valence-corrected chi connectivity index (χ3v) is 15.3. The van der Waals surface area contributed by atoms with Crippen LogP contribution in [0.25, 0.3) is 0 Å². The fourth-order valence-corrected chi connectivity index (χ4v) is 11.0. The van der Waals surface area contributed by atoms with E-state index in [2.05, 4.69) is 13.8 Å². The molecule has 59 heavy (non-hydrogen) atoms. The Balaban J connectivity index is 1.37. The Hall–Kier alpha value is -0.0800. The Morgan fingerprint density at radius 1 is 0.237 bits per heavy atom. The van der Waals surface area contributed by atoms with Crippen LogP contribution in [-0.2, 0) is 9.47 Å². The van der Waals surface area contributed by atoms with Crippen molar-refractivity contribution in [2.75, 3.05) is 13.2 Å². The van der Waals surface area contributed by atoms with Gasteiger partial charge in [-0.15, -0.1) is 0 Å². The molecule has 1 saturated heterocycles. The molecule has 0 aromatic rings. The normalized spacial score (nSPS) is 16.2. The molecule has 2 heteroatoms. The predicted octanol–water partition coefficient (Wildman–Crippen LogP) is 20.7. The molecule has 2 nitrogen and oxygen atoms in total. The van der Waals surface area contributed by atoms with Gasteiger partial charge >= 0.3 is 0 Å². The van der Waals surface area contributed by atoms with Gasteiger partial charge in [-0.1, -0.05) is 303 Å². The van der Waals surface area contributed by atoms with Crippen LogP contribution in [0, 0.1) is 5.41 Å². The largest absolute Gasteiger partial charge is 0.348 e. The molecule has 2 rings (SSSR count). The van der Waals surface area contributed by atoms with Crippen LogP contribution >= 0.6 is 0 Å². The molecule has 0 aromatic heterocycles. The van der Waals surface area contributed by atoms with Crippen molar-refractivity contribution in [3.63, 3.8) is 0 Å². The summed E-state index contributed by atoms with van der Waals surface area (Å²) < 4.78 is 12.3. The lowest BCUT2D eigenvalue weighted by Gasteiger charge is -2.44. The topological polar surface area (TPSA) is 18.5 Å². The highest BCUT2D eigenvalue weighted by Crippen LogP contribution is 2.50. The van der Waals surface area contributed by atoms with Gasteiger partial charge < -0.3 is 9.47 Å². The van der Waals surface area contributed by atoms with Gasteiger partial charge in [0, 0.05) is 12.8 Å². The van der Waals surface area contributed by atoms with Crippen molar-refractivity contribution in [3.8, 4) is 0 Å². The van der Waals surface area contributed by atoms with E-state index in [-0.39, 0.29) is 5.79 Å². The first kappa shape index (κ1) is 55.1. The van der Waals surface area contributed by atoms with Crippen molar-refractivity contribution in [2.45, 2.75) is 347 Å². The van der Waals surface area contributed by atoms with Crippen molar-refractivity contribution in [2.24, 2.45) is 5.41 Å². The third-order valence-electron chi connectivity index (χ3n) is 15.3. The fraction of sp³-hybridized carbons (Fsp3) is 1.00. The van der Waals surface area contributed by atoms with Crippen molar-refractivity contribution >= 4 is 0 Å². The van der Waals surface area contributed by atoms with E-state index >= 15 is 0 Å². The fourth-order valence-electron chi connectivity index (χ4n) is 11.0. The zero-order valence-corrected chi connectivity index (χ0v) is 41.3. The van der Waals surface area contributed by atoms with Crippen LogP contribution in [0.4, 0.5) is 0 Å². The van der Waals surface area contributed by atoms with Crippen LogP contribution in [0.15, 0.2) is 0 Å². The first-order valence-corrected chi connectivity index (χ1v) is 28.5.